The Morgan fingerprint density at radius 2 is 1.70 bits per heavy atom. The maximum atomic E-state index is 5.60. The molecule has 1 atom stereocenters. The second-order valence-electron chi connectivity index (χ2n) is 8.24. The number of rotatable bonds is 7. The average molecular weight is 439 g/mol. The predicted molar refractivity (Wildman–Crippen MR) is 129 cm³/mol. The SMILES string of the molecule is C/C(=N\OCc1ccc(-c2ccccc2)cc1)c1ccc(-c2noc(C3CCNC3)n2)cc1. The minimum absolute atomic E-state index is 0.312. The predicted octanol–water partition coefficient (Wildman–Crippen LogP) is 5.42. The van der Waals surface area contributed by atoms with Crippen LogP contribution in [0.2, 0.25) is 0 Å². The molecule has 0 spiro atoms. The van der Waals surface area contributed by atoms with Gasteiger partial charge in [-0.1, -0.05) is 89.2 Å². The number of hydrogen-bond donors (Lipinski definition) is 1. The van der Waals surface area contributed by atoms with Crippen molar-refractivity contribution in [2.24, 2.45) is 5.16 Å². The zero-order valence-corrected chi connectivity index (χ0v) is 18.6. The van der Waals surface area contributed by atoms with Crippen molar-refractivity contribution in [3.05, 3.63) is 95.9 Å². The van der Waals surface area contributed by atoms with Crippen molar-refractivity contribution < 1.29 is 9.36 Å². The highest BCUT2D eigenvalue weighted by atomic mass is 16.6. The van der Waals surface area contributed by atoms with Gasteiger partial charge >= 0.3 is 0 Å². The molecule has 0 aliphatic carbocycles. The van der Waals surface area contributed by atoms with Gasteiger partial charge in [0.05, 0.1) is 11.6 Å². The first-order chi connectivity index (χ1) is 16.3. The van der Waals surface area contributed by atoms with Gasteiger partial charge in [-0.25, -0.2) is 0 Å². The Kier molecular flexibility index (Phi) is 6.26. The van der Waals surface area contributed by atoms with E-state index in [1.54, 1.807) is 0 Å². The molecule has 1 saturated heterocycles. The van der Waals surface area contributed by atoms with Crippen molar-refractivity contribution >= 4 is 5.71 Å². The van der Waals surface area contributed by atoms with Crippen molar-refractivity contribution in [2.75, 3.05) is 13.1 Å². The number of oxime groups is 1. The molecule has 0 radical (unpaired) electrons. The van der Waals surface area contributed by atoms with Crippen LogP contribution >= 0.6 is 0 Å². The first-order valence-corrected chi connectivity index (χ1v) is 11.2. The van der Waals surface area contributed by atoms with Gasteiger partial charge in [0.25, 0.3) is 0 Å². The Morgan fingerprint density at radius 1 is 0.970 bits per heavy atom. The lowest BCUT2D eigenvalue weighted by Crippen LogP contribution is -2.08. The lowest BCUT2D eigenvalue weighted by molar-refractivity contribution is 0.130. The molecule has 1 aromatic heterocycles. The van der Waals surface area contributed by atoms with Crippen molar-refractivity contribution in [1.29, 1.82) is 0 Å². The quantitative estimate of drug-likeness (QED) is 0.308. The van der Waals surface area contributed by atoms with E-state index >= 15 is 0 Å². The zero-order valence-electron chi connectivity index (χ0n) is 18.6. The third-order valence-electron chi connectivity index (χ3n) is 5.91. The molecule has 1 unspecified atom stereocenters. The summed E-state index contributed by atoms with van der Waals surface area (Å²) in [5.74, 6) is 1.64. The summed E-state index contributed by atoms with van der Waals surface area (Å²) in [6.07, 6.45) is 1.04. The molecule has 1 fully saturated rings. The van der Waals surface area contributed by atoms with Crippen LogP contribution in [0, 0.1) is 0 Å². The first kappa shape index (κ1) is 21.1. The van der Waals surface area contributed by atoms with E-state index in [0.29, 0.717) is 24.2 Å². The Morgan fingerprint density at radius 3 is 2.42 bits per heavy atom. The molecule has 1 N–H and O–H groups in total. The zero-order chi connectivity index (χ0) is 22.5. The highest BCUT2D eigenvalue weighted by molar-refractivity contribution is 5.98. The van der Waals surface area contributed by atoms with Gasteiger partial charge in [0.1, 0.15) is 6.61 Å². The van der Waals surface area contributed by atoms with Gasteiger partial charge < -0.3 is 14.7 Å². The van der Waals surface area contributed by atoms with E-state index in [4.69, 9.17) is 9.36 Å². The van der Waals surface area contributed by atoms with Crippen molar-refractivity contribution in [2.45, 2.75) is 25.9 Å². The third kappa shape index (κ3) is 5.02. The number of hydrogen-bond acceptors (Lipinski definition) is 6. The Labute approximate surface area is 193 Å². The van der Waals surface area contributed by atoms with E-state index in [-0.39, 0.29) is 0 Å². The molecule has 5 rings (SSSR count). The second kappa shape index (κ2) is 9.79. The third-order valence-corrected chi connectivity index (χ3v) is 5.91. The maximum Gasteiger partial charge on any atom is 0.231 e. The van der Waals surface area contributed by atoms with E-state index in [9.17, 15) is 0 Å². The van der Waals surface area contributed by atoms with Crippen LogP contribution in [0.25, 0.3) is 22.5 Å². The minimum atomic E-state index is 0.312. The van der Waals surface area contributed by atoms with Crippen LogP contribution in [0.4, 0.5) is 0 Å². The molecule has 0 amide bonds. The standard InChI is InChI=1S/C27H26N4O2/c1-19(30-32-18-20-7-9-23(10-8-20)22-5-3-2-4-6-22)21-11-13-24(14-12-21)26-29-27(33-31-26)25-15-16-28-17-25/h2-14,25,28H,15-18H2,1H3/b30-19+. The van der Waals surface area contributed by atoms with E-state index in [1.165, 1.54) is 11.1 Å². The van der Waals surface area contributed by atoms with E-state index in [1.807, 2.05) is 49.4 Å². The molecule has 0 bridgehead atoms. The Balaban J connectivity index is 1.18. The summed E-state index contributed by atoms with van der Waals surface area (Å²) < 4.78 is 5.46. The maximum absolute atomic E-state index is 5.60. The molecule has 2 heterocycles. The Hall–Kier alpha value is -3.77. The molecule has 3 aromatic carbocycles. The van der Waals surface area contributed by atoms with Crippen LogP contribution in [-0.2, 0) is 11.4 Å². The number of aromatic nitrogens is 2. The van der Waals surface area contributed by atoms with Gasteiger partial charge in [-0.3, -0.25) is 0 Å². The summed E-state index contributed by atoms with van der Waals surface area (Å²) in [7, 11) is 0. The van der Waals surface area contributed by atoms with Crippen LogP contribution in [0.1, 0.15) is 36.3 Å². The van der Waals surface area contributed by atoms with Gasteiger partial charge in [-0.05, 0) is 42.1 Å². The summed E-state index contributed by atoms with van der Waals surface area (Å²) in [5, 5.41) is 11.8. The lowest BCUT2D eigenvalue weighted by Gasteiger charge is -2.05. The Bertz CT molecular complexity index is 1210. The van der Waals surface area contributed by atoms with Crippen LogP contribution in [0.3, 0.4) is 0 Å². The minimum Gasteiger partial charge on any atom is -0.391 e. The molecular weight excluding hydrogens is 412 g/mol. The fraction of sp³-hybridized carbons (Fsp3) is 0.222. The van der Waals surface area contributed by atoms with E-state index < -0.39 is 0 Å². The van der Waals surface area contributed by atoms with Crippen molar-refractivity contribution in [3.63, 3.8) is 0 Å². The summed E-state index contributed by atoms with van der Waals surface area (Å²) in [6, 6.07) is 26.7. The fourth-order valence-corrected chi connectivity index (χ4v) is 3.92. The largest absolute Gasteiger partial charge is 0.391 e. The first-order valence-electron chi connectivity index (χ1n) is 11.2. The van der Waals surface area contributed by atoms with Gasteiger partial charge in [-0.2, -0.15) is 4.98 Å². The van der Waals surface area contributed by atoms with Crippen molar-refractivity contribution in [3.8, 4) is 22.5 Å². The molecule has 4 aromatic rings. The summed E-state index contributed by atoms with van der Waals surface area (Å²) in [5.41, 5.74) is 6.19. The van der Waals surface area contributed by atoms with Crippen LogP contribution < -0.4 is 5.32 Å². The number of nitrogens with zero attached hydrogens (tertiary/aromatic N) is 3. The van der Waals surface area contributed by atoms with E-state index in [2.05, 4.69) is 57.0 Å². The van der Waals surface area contributed by atoms with Gasteiger partial charge in [0, 0.05) is 12.1 Å². The molecule has 1 aliphatic rings. The van der Waals surface area contributed by atoms with Gasteiger partial charge in [0.15, 0.2) is 0 Å². The van der Waals surface area contributed by atoms with Gasteiger partial charge in [0.2, 0.25) is 11.7 Å². The normalized spacial score (nSPS) is 16.2. The molecule has 1 aliphatic heterocycles. The summed E-state index contributed by atoms with van der Waals surface area (Å²) in [4.78, 5) is 10.2. The average Bonchev–Trinajstić information content (AvgIpc) is 3.58. The fourth-order valence-electron chi connectivity index (χ4n) is 3.92. The van der Waals surface area contributed by atoms with Crippen LogP contribution in [-0.4, -0.2) is 28.9 Å². The molecule has 6 nitrogen and oxygen atoms in total. The molecule has 0 saturated carbocycles. The number of nitrogens with one attached hydrogen (secondary N) is 1. The molecule has 33 heavy (non-hydrogen) atoms. The van der Waals surface area contributed by atoms with Crippen molar-refractivity contribution in [1.82, 2.24) is 15.5 Å². The summed E-state index contributed by atoms with van der Waals surface area (Å²) in [6.45, 7) is 4.25. The number of benzene rings is 3. The lowest BCUT2D eigenvalue weighted by atomic mass is 10.0. The highest BCUT2D eigenvalue weighted by Gasteiger charge is 2.23. The molecule has 166 valence electrons. The van der Waals surface area contributed by atoms with E-state index in [0.717, 1.165) is 41.9 Å². The highest BCUT2D eigenvalue weighted by Crippen LogP contribution is 2.24. The van der Waals surface area contributed by atoms with Gasteiger partial charge in [-0.15, -0.1) is 0 Å². The molecular formula is C27H26N4O2. The smallest absolute Gasteiger partial charge is 0.231 e. The van der Waals surface area contributed by atoms with Crippen LogP contribution in [0.15, 0.2) is 88.5 Å². The van der Waals surface area contributed by atoms with Crippen LogP contribution in [0.5, 0.6) is 0 Å². The topological polar surface area (TPSA) is 72.5 Å². The monoisotopic (exact) mass is 438 g/mol. The second-order valence-corrected chi connectivity index (χ2v) is 8.24. The summed E-state index contributed by atoms with van der Waals surface area (Å²) >= 11 is 0. The molecule has 6 heteroatoms.